The number of benzene rings is 2. The summed E-state index contributed by atoms with van der Waals surface area (Å²) >= 11 is 13.6. The minimum absolute atomic E-state index is 0.499. The number of aromatic nitrogens is 3. The lowest BCUT2D eigenvalue weighted by Crippen LogP contribution is -1.91. The number of aromatic amines is 1. The SMILES string of the molecule is Clc1ccc(Nc2nc3ccc(-c4nccs4)cc3[nH]2)cc1Cl. The van der Waals surface area contributed by atoms with Gasteiger partial charge < -0.3 is 10.3 Å². The van der Waals surface area contributed by atoms with Crippen molar-refractivity contribution in [3.8, 4) is 10.6 Å². The molecule has 2 heterocycles. The van der Waals surface area contributed by atoms with E-state index in [9.17, 15) is 0 Å². The van der Waals surface area contributed by atoms with E-state index < -0.39 is 0 Å². The van der Waals surface area contributed by atoms with Gasteiger partial charge >= 0.3 is 0 Å². The van der Waals surface area contributed by atoms with Crippen LogP contribution in [0.2, 0.25) is 10.0 Å². The van der Waals surface area contributed by atoms with Crippen LogP contribution in [0.1, 0.15) is 0 Å². The van der Waals surface area contributed by atoms with Crippen molar-refractivity contribution in [3.05, 3.63) is 58.0 Å². The topological polar surface area (TPSA) is 53.6 Å². The standard InChI is InChI=1S/C16H10Cl2N4S/c17-11-3-2-10(8-12(11)18)20-16-21-13-4-1-9(7-14(13)22-16)15-19-5-6-23-15/h1-8H,(H2,20,21,22). The maximum atomic E-state index is 6.03. The van der Waals surface area contributed by atoms with E-state index in [0.717, 1.165) is 27.3 Å². The number of rotatable bonds is 3. The predicted molar refractivity (Wildman–Crippen MR) is 96.9 cm³/mol. The zero-order chi connectivity index (χ0) is 15.8. The lowest BCUT2D eigenvalue weighted by molar-refractivity contribution is 1.31. The van der Waals surface area contributed by atoms with Crippen LogP contribution in [0.15, 0.2) is 48.0 Å². The molecule has 7 heteroatoms. The molecule has 0 saturated heterocycles. The summed E-state index contributed by atoms with van der Waals surface area (Å²) in [6, 6.07) is 11.4. The Morgan fingerprint density at radius 1 is 1.04 bits per heavy atom. The van der Waals surface area contributed by atoms with Gasteiger partial charge in [-0.3, -0.25) is 0 Å². The van der Waals surface area contributed by atoms with Gasteiger partial charge in [0.1, 0.15) is 5.01 Å². The third-order valence-electron chi connectivity index (χ3n) is 3.34. The number of nitrogens with zero attached hydrogens (tertiary/aromatic N) is 2. The van der Waals surface area contributed by atoms with Gasteiger partial charge in [-0.1, -0.05) is 23.2 Å². The van der Waals surface area contributed by atoms with Crippen molar-refractivity contribution in [3.63, 3.8) is 0 Å². The van der Waals surface area contributed by atoms with Gasteiger partial charge in [0.2, 0.25) is 5.95 Å². The monoisotopic (exact) mass is 360 g/mol. The van der Waals surface area contributed by atoms with Crippen molar-refractivity contribution in [1.29, 1.82) is 0 Å². The number of fused-ring (bicyclic) bond motifs is 1. The molecule has 4 rings (SSSR count). The van der Waals surface area contributed by atoms with E-state index in [1.807, 2.05) is 29.6 Å². The van der Waals surface area contributed by atoms with Gasteiger partial charge in [-0.15, -0.1) is 11.3 Å². The maximum Gasteiger partial charge on any atom is 0.205 e. The molecule has 0 atom stereocenters. The third-order valence-corrected chi connectivity index (χ3v) is 4.90. The van der Waals surface area contributed by atoms with Crippen molar-refractivity contribution >= 4 is 57.2 Å². The number of imidazole rings is 1. The summed E-state index contributed by atoms with van der Waals surface area (Å²) < 4.78 is 0. The third kappa shape index (κ3) is 2.91. The zero-order valence-electron chi connectivity index (χ0n) is 11.7. The molecule has 0 aliphatic rings. The molecule has 0 bridgehead atoms. The first-order valence-corrected chi connectivity index (χ1v) is 8.44. The van der Waals surface area contributed by atoms with E-state index in [2.05, 4.69) is 20.3 Å². The second-order valence-corrected chi connectivity index (χ2v) is 6.62. The number of hydrogen-bond acceptors (Lipinski definition) is 4. The quantitative estimate of drug-likeness (QED) is 0.489. The molecule has 4 aromatic rings. The molecule has 2 N–H and O–H groups in total. The Morgan fingerprint density at radius 3 is 2.74 bits per heavy atom. The number of H-pyrrole nitrogens is 1. The Kier molecular flexibility index (Phi) is 3.69. The van der Waals surface area contributed by atoms with Gasteiger partial charge in [0.15, 0.2) is 0 Å². The summed E-state index contributed by atoms with van der Waals surface area (Å²) in [5.74, 6) is 0.648. The highest BCUT2D eigenvalue weighted by Crippen LogP contribution is 2.28. The summed E-state index contributed by atoms with van der Waals surface area (Å²) in [5.41, 5.74) is 3.71. The maximum absolute atomic E-state index is 6.03. The molecule has 0 radical (unpaired) electrons. The van der Waals surface area contributed by atoms with Crippen LogP contribution in [-0.2, 0) is 0 Å². The van der Waals surface area contributed by atoms with Gasteiger partial charge in [-0.25, -0.2) is 9.97 Å². The second kappa shape index (κ2) is 5.85. The fourth-order valence-electron chi connectivity index (χ4n) is 2.28. The molecule has 0 amide bonds. The van der Waals surface area contributed by atoms with E-state index in [4.69, 9.17) is 23.2 Å². The lowest BCUT2D eigenvalue weighted by atomic mass is 10.2. The van der Waals surface area contributed by atoms with Crippen LogP contribution < -0.4 is 5.32 Å². The van der Waals surface area contributed by atoms with Crippen LogP contribution in [0.4, 0.5) is 11.6 Å². The first-order valence-electron chi connectivity index (χ1n) is 6.81. The van der Waals surface area contributed by atoms with Crippen LogP contribution in [0.25, 0.3) is 21.6 Å². The average molecular weight is 361 g/mol. The molecule has 0 saturated carbocycles. The van der Waals surface area contributed by atoms with Crippen LogP contribution in [-0.4, -0.2) is 15.0 Å². The molecule has 0 aliphatic carbocycles. The van der Waals surface area contributed by atoms with Crippen molar-refractivity contribution < 1.29 is 0 Å². The Labute approximate surface area is 146 Å². The molecule has 0 spiro atoms. The normalized spacial score (nSPS) is 11.0. The first kappa shape index (κ1) is 14.5. The number of halogens is 2. The van der Waals surface area contributed by atoms with Gasteiger partial charge in [0, 0.05) is 22.8 Å². The van der Waals surface area contributed by atoms with Crippen molar-refractivity contribution in [2.45, 2.75) is 0 Å². The van der Waals surface area contributed by atoms with E-state index in [1.165, 1.54) is 0 Å². The summed E-state index contributed by atoms with van der Waals surface area (Å²) in [6.07, 6.45) is 1.80. The Balaban J connectivity index is 1.67. The van der Waals surface area contributed by atoms with Crippen LogP contribution in [0.3, 0.4) is 0 Å². The molecule has 2 aromatic heterocycles. The fourth-order valence-corrected chi connectivity index (χ4v) is 3.21. The highest BCUT2D eigenvalue weighted by atomic mass is 35.5. The molecule has 114 valence electrons. The lowest BCUT2D eigenvalue weighted by Gasteiger charge is -2.03. The van der Waals surface area contributed by atoms with E-state index in [1.54, 1.807) is 29.7 Å². The minimum Gasteiger partial charge on any atom is -0.326 e. The highest BCUT2D eigenvalue weighted by molar-refractivity contribution is 7.13. The summed E-state index contributed by atoms with van der Waals surface area (Å²) in [5, 5.41) is 7.16. The number of hydrogen-bond donors (Lipinski definition) is 2. The Bertz CT molecular complexity index is 979. The Hall–Kier alpha value is -2.08. The second-order valence-electron chi connectivity index (χ2n) is 4.91. The molecular weight excluding hydrogens is 351 g/mol. The van der Waals surface area contributed by atoms with E-state index in [-0.39, 0.29) is 0 Å². The number of thiazole rings is 1. The molecule has 0 aliphatic heterocycles. The predicted octanol–water partition coefficient (Wildman–Crippen LogP) is 5.74. The van der Waals surface area contributed by atoms with Gasteiger partial charge in [0.25, 0.3) is 0 Å². The highest BCUT2D eigenvalue weighted by Gasteiger charge is 2.07. The smallest absolute Gasteiger partial charge is 0.205 e. The fraction of sp³-hybridized carbons (Fsp3) is 0. The number of nitrogens with one attached hydrogen (secondary N) is 2. The molecule has 2 aromatic carbocycles. The first-order chi connectivity index (χ1) is 11.2. The summed E-state index contributed by atoms with van der Waals surface area (Å²) in [7, 11) is 0. The molecule has 0 unspecified atom stereocenters. The molecule has 23 heavy (non-hydrogen) atoms. The molecular formula is C16H10Cl2N4S. The van der Waals surface area contributed by atoms with Crippen LogP contribution in [0, 0.1) is 0 Å². The van der Waals surface area contributed by atoms with Gasteiger partial charge in [-0.2, -0.15) is 0 Å². The summed E-state index contributed by atoms with van der Waals surface area (Å²) in [6.45, 7) is 0. The van der Waals surface area contributed by atoms with Crippen LogP contribution >= 0.6 is 34.5 Å². The number of anilines is 2. The molecule has 4 nitrogen and oxygen atoms in total. The molecule has 0 fully saturated rings. The van der Waals surface area contributed by atoms with E-state index in [0.29, 0.717) is 16.0 Å². The zero-order valence-corrected chi connectivity index (χ0v) is 14.0. The summed E-state index contributed by atoms with van der Waals surface area (Å²) in [4.78, 5) is 12.1. The van der Waals surface area contributed by atoms with Crippen LogP contribution in [0.5, 0.6) is 0 Å². The van der Waals surface area contributed by atoms with Crippen molar-refractivity contribution in [2.75, 3.05) is 5.32 Å². The average Bonchev–Trinajstić information content (AvgIpc) is 3.19. The van der Waals surface area contributed by atoms with Gasteiger partial charge in [0.05, 0.1) is 21.1 Å². The van der Waals surface area contributed by atoms with Crippen molar-refractivity contribution in [1.82, 2.24) is 15.0 Å². The largest absolute Gasteiger partial charge is 0.326 e. The Morgan fingerprint density at radius 2 is 1.96 bits per heavy atom. The van der Waals surface area contributed by atoms with Gasteiger partial charge in [-0.05, 0) is 36.4 Å². The van der Waals surface area contributed by atoms with E-state index >= 15 is 0 Å². The van der Waals surface area contributed by atoms with Crippen molar-refractivity contribution in [2.24, 2.45) is 0 Å². The minimum atomic E-state index is 0.499.